The molecule has 0 N–H and O–H groups in total. The number of carbonyl (C=O) groups is 1. The Morgan fingerprint density at radius 1 is 1.15 bits per heavy atom. The third kappa shape index (κ3) is 3.20. The molecule has 26 heavy (non-hydrogen) atoms. The van der Waals surface area contributed by atoms with Crippen LogP contribution in [0.2, 0.25) is 0 Å². The third-order valence-corrected chi connectivity index (χ3v) is 4.85. The Morgan fingerprint density at radius 3 is 2.73 bits per heavy atom. The van der Waals surface area contributed by atoms with Gasteiger partial charge in [0, 0.05) is 55.1 Å². The Balaban J connectivity index is 1.66. The summed E-state index contributed by atoms with van der Waals surface area (Å²) < 4.78 is 7.47. The molecule has 0 atom stereocenters. The Hall–Kier alpha value is -2.73. The second-order valence-corrected chi connectivity index (χ2v) is 6.48. The van der Waals surface area contributed by atoms with Gasteiger partial charge < -0.3 is 14.2 Å². The van der Waals surface area contributed by atoms with Gasteiger partial charge in [-0.25, -0.2) is 4.98 Å². The molecule has 6 heteroatoms. The van der Waals surface area contributed by atoms with Gasteiger partial charge in [0.1, 0.15) is 5.65 Å². The summed E-state index contributed by atoms with van der Waals surface area (Å²) >= 11 is 0. The van der Waals surface area contributed by atoms with Gasteiger partial charge in [0.2, 0.25) is 5.91 Å². The predicted molar refractivity (Wildman–Crippen MR) is 99.7 cm³/mol. The number of pyridine rings is 2. The van der Waals surface area contributed by atoms with Crippen LogP contribution in [0.1, 0.15) is 12.1 Å². The quantitative estimate of drug-likeness (QED) is 0.726. The van der Waals surface area contributed by atoms with Gasteiger partial charge in [-0.3, -0.25) is 9.78 Å². The Morgan fingerprint density at radius 2 is 1.92 bits per heavy atom. The van der Waals surface area contributed by atoms with E-state index in [1.807, 2.05) is 24.0 Å². The highest BCUT2D eigenvalue weighted by molar-refractivity contribution is 5.85. The summed E-state index contributed by atoms with van der Waals surface area (Å²) in [5, 5.41) is 1.07. The highest BCUT2D eigenvalue weighted by atomic mass is 16.5. The molecule has 1 saturated heterocycles. The first-order valence-electron chi connectivity index (χ1n) is 8.96. The average Bonchev–Trinajstić information content (AvgIpc) is 3.05. The second kappa shape index (κ2) is 7.25. The lowest BCUT2D eigenvalue weighted by molar-refractivity contribution is -0.135. The first-order chi connectivity index (χ1) is 12.7. The molecule has 1 aliphatic heterocycles. The molecule has 0 saturated carbocycles. The fraction of sp³-hybridized carbons (Fsp3) is 0.350. The number of rotatable bonds is 4. The van der Waals surface area contributed by atoms with Crippen LogP contribution in [0.15, 0.2) is 42.7 Å². The van der Waals surface area contributed by atoms with Gasteiger partial charge in [0.05, 0.1) is 18.9 Å². The topological polar surface area (TPSA) is 60.2 Å². The summed E-state index contributed by atoms with van der Waals surface area (Å²) in [6, 6.07) is 10.1. The molecule has 1 aliphatic rings. The minimum atomic E-state index is 0.167. The van der Waals surface area contributed by atoms with Gasteiger partial charge in [0.15, 0.2) is 0 Å². The van der Waals surface area contributed by atoms with E-state index in [2.05, 4.69) is 32.7 Å². The van der Waals surface area contributed by atoms with E-state index in [-0.39, 0.29) is 5.91 Å². The van der Waals surface area contributed by atoms with E-state index in [9.17, 15) is 4.79 Å². The van der Waals surface area contributed by atoms with E-state index >= 15 is 0 Å². The number of carbonyl (C=O) groups excluding carboxylic acids is 1. The minimum Gasteiger partial charge on any atom is -0.378 e. The van der Waals surface area contributed by atoms with Crippen LogP contribution < -0.4 is 0 Å². The zero-order chi connectivity index (χ0) is 17.9. The molecule has 4 rings (SSSR count). The molecule has 0 aliphatic carbocycles. The van der Waals surface area contributed by atoms with Crippen LogP contribution in [-0.4, -0.2) is 51.6 Å². The number of ether oxygens (including phenoxy) is 1. The molecule has 0 radical (unpaired) electrons. The molecule has 4 heterocycles. The highest BCUT2D eigenvalue weighted by Gasteiger charge is 2.19. The van der Waals surface area contributed by atoms with Crippen LogP contribution in [0.25, 0.3) is 22.3 Å². The molecular formula is C20H22N4O2. The molecular weight excluding hydrogens is 328 g/mol. The van der Waals surface area contributed by atoms with Crippen molar-refractivity contribution in [3.63, 3.8) is 0 Å². The van der Waals surface area contributed by atoms with Crippen LogP contribution in [0.5, 0.6) is 0 Å². The monoisotopic (exact) mass is 350 g/mol. The number of hydrogen-bond donors (Lipinski definition) is 0. The van der Waals surface area contributed by atoms with Crippen molar-refractivity contribution in [2.75, 3.05) is 26.3 Å². The minimum absolute atomic E-state index is 0.167. The number of fused-ring (bicyclic) bond motifs is 1. The molecule has 134 valence electrons. The van der Waals surface area contributed by atoms with E-state index in [1.54, 1.807) is 12.4 Å². The SMILES string of the molecule is Cc1ncccc1-c1cc2cccnc2n1CCC(=O)N1CCOCC1. The molecule has 0 bridgehead atoms. The number of amides is 1. The Labute approximate surface area is 152 Å². The third-order valence-electron chi connectivity index (χ3n) is 4.85. The smallest absolute Gasteiger partial charge is 0.224 e. The maximum Gasteiger partial charge on any atom is 0.224 e. The van der Waals surface area contributed by atoms with Crippen LogP contribution in [0.4, 0.5) is 0 Å². The number of nitrogens with zero attached hydrogens (tertiary/aromatic N) is 4. The van der Waals surface area contributed by atoms with Crippen molar-refractivity contribution in [3.8, 4) is 11.3 Å². The Kier molecular flexibility index (Phi) is 4.67. The Bertz CT molecular complexity index is 928. The van der Waals surface area contributed by atoms with Crippen LogP contribution in [0, 0.1) is 6.92 Å². The number of morpholine rings is 1. The average molecular weight is 350 g/mol. The lowest BCUT2D eigenvalue weighted by Gasteiger charge is -2.27. The summed E-state index contributed by atoms with van der Waals surface area (Å²) in [4.78, 5) is 23.4. The zero-order valence-corrected chi connectivity index (χ0v) is 14.9. The summed E-state index contributed by atoms with van der Waals surface area (Å²) in [7, 11) is 0. The van der Waals surface area contributed by atoms with Gasteiger partial charge in [-0.1, -0.05) is 0 Å². The maximum absolute atomic E-state index is 12.6. The molecule has 3 aromatic heterocycles. The van der Waals surface area contributed by atoms with Crippen LogP contribution >= 0.6 is 0 Å². The lowest BCUT2D eigenvalue weighted by atomic mass is 10.1. The van der Waals surface area contributed by atoms with Crippen LogP contribution in [-0.2, 0) is 16.1 Å². The van der Waals surface area contributed by atoms with E-state index in [0.717, 1.165) is 28.0 Å². The lowest BCUT2D eigenvalue weighted by Crippen LogP contribution is -2.41. The highest BCUT2D eigenvalue weighted by Crippen LogP contribution is 2.29. The van der Waals surface area contributed by atoms with Gasteiger partial charge in [-0.15, -0.1) is 0 Å². The number of aryl methyl sites for hydroxylation is 2. The van der Waals surface area contributed by atoms with Crippen molar-refractivity contribution < 1.29 is 9.53 Å². The van der Waals surface area contributed by atoms with E-state index in [0.29, 0.717) is 39.3 Å². The standard InChI is InChI=1S/C20H22N4O2/c1-15-17(5-3-7-21-15)18-14-16-4-2-8-22-20(16)24(18)9-6-19(25)23-10-12-26-13-11-23/h2-5,7-8,14H,6,9-13H2,1H3. The fourth-order valence-corrected chi connectivity index (χ4v) is 3.47. The van der Waals surface area contributed by atoms with Crippen molar-refractivity contribution in [2.45, 2.75) is 19.9 Å². The molecule has 0 aromatic carbocycles. The van der Waals surface area contributed by atoms with Crippen molar-refractivity contribution in [2.24, 2.45) is 0 Å². The number of aromatic nitrogens is 3. The van der Waals surface area contributed by atoms with Crippen molar-refractivity contribution in [1.29, 1.82) is 0 Å². The molecule has 1 fully saturated rings. The molecule has 3 aromatic rings. The zero-order valence-electron chi connectivity index (χ0n) is 14.9. The van der Waals surface area contributed by atoms with E-state index in [1.165, 1.54) is 0 Å². The van der Waals surface area contributed by atoms with Crippen molar-refractivity contribution in [3.05, 3.63) is 48.4 Å². The van der Waals surface area contributed by atoms with Gasteiger partial charge in [-0.2, -0.15) is 0 Å². The largest absolute Gasteiger partial charge is 0.378 e. The summed E-state index contributed by atoms with van der Waals surface area (Å²) in [6.07, 6.45) is 4.04. The first kappa shape index (κ1) is 16.7. The first-order valence-corrected chi connectivity index (χ1v) is 8.96. The predicted octanol–water partition coefficient (Wildman–Crippen LogP) is 2.66. The molecule has 0 spiro atoms. The second-order valence-electron chi connectivity index (χ2n) is 6.48. The summed E-state index contributed by atoms with van der Waals surface area (Å²) in [6.45, 7) is 5.21. The molecule has 6 nitrogen and oxygen atoms in total. The summed E-state index contributed by atoms with van der Waals surface area (Å²) in [5.41, 5.74) is 4.00. The van der Waals surface area contributed by atoms with Crippen molar-refractivity contribution >= 4 is 16.9 Å². The van der Waals surface area contributed by atoms with E-state index in [4.69, 9.17) is 4.74 Å². The van der Waals surface area contributed by atoms with Gasteiger partial charge in [-0.05, 0) is 37.3 Å². The van der Waals surface area contributed by atoms with E-state index < -0.39 is 0 Å². The molecule has 1 amide bonds. The van der Waals surface area contributed by atoms with Crippen molar-refractivity contribution in [1.82, 2.24) is 19.4 Å². The van der Waals surface area contributed by atoms with Crippen LogP contribution in [0.3, 0.4) is 0 Å². The van der Waals surface area contributed by atoms with Gasteiger partial charge in [0.25, 0.3) is 0 Å². The maximum atomic E-state index is 12.6. The normalized spacial score (nSPS) is 14.7. The number of hydrogen-bond acceptors (Lipinski definition) is 4. The summed E-state index contributed by atoms with van der Waals surface area (Å²) in [5.74, 6) is 0.167. The fourth-order valence-electron chi connectivity index (χ4n) is 3.47. The molecule has 0 unspecified atom stereocenters. The van der Waals surface area contributed by atoms with Gasteiger partial charge >= 0.3 is 0 Å².